The van der Waals surface area contributed by atoms with E-state index in [1.165, 1.54) is 26.7 Å². The smallest absolute Gasteiger partial charge is 0.459 e. The highest BCUT2D eigenvalue weighted by Crippen LogP contribution is 2.50. The van der Waals surface area contributed by atoms with Crippen LogP contribution in [0.3, 0.4) is 0 Å². The average molecular weight is 520 g/mol. The van der Waals surface area contributed by atoms with Crippen LogP contribution in [0.25, 0.3) is 11.2 Å². The molecule has 4 N–H and O–H groups in total. The summed E-state index contributed by atoms with van der Waals surface area (Å²) in [6.07, 6.45) is 0.0353. The number of aromatic nitrogens is 4. The van der Waals surface area contributed by atoms with Gasteiger partial charge in [0.15, 0.2) is 17.7 Å². The fraction of sp³-hybridized carbons (Fsp3) is 0.429. The van der Waals surface area contributed by atoms with Crippen molar-refractivity contribution < 1.29 is 37.7 Å². The Morgan fingerprint density at radius 3 is 2.89 bits per heavy atom. The summed E-state index contributed by atoms with van der Waals surface area (Å²) in [6.45, 7) is 1.05. The number of aliphatic hydroxyl groups excluding tert-OH is 1. The molecular weight excluding hydrogens is 495 g/mol. The molecule has 3 aromatic rings. The molecule has 1 aromatic carbocycles. The first kappa shape index (κ1) is 24.6. The number of hydrogen-bond acceptors (Lipinski definition) is 12. The van der Waals surface area contributed by atoms with Crippen LogP contribution in [0.4, 0.5) is 5.82 Å². The van der Waals surface area contributed by atoms with Gasteiger partial charge in [0, 0.05) is 0 Å². The minimum absolute atomic E-state index is 0.0308. The van der Waals surface area contributed by atoms with Crippen LogP contribution in [0.15, 0.2) is 43.0 Å². The van der Waals surface area contributed by atoms with Crippen molar-refractivity contribution in [2.45, 2.75) is 37.0 Å². The molecule has 14 nitrogen and oxygen atoms in total. The number of para-hydroxylation sites is 1. The fourth-order valence-corrected chi connectivity index (χ4v) is 5.71. The van der Waals surface area contributed by atoms with Gasteiger partial charge < -0.3 is 29.6 Å². The predicted molar refractivity (Wildman–Crippen MR) is 124 cm³/mol. The summed E-state index contributed by atoms with van der Waals surface area (Å²) in [6, 6.07) is 7.30. The van der Waals surface area contributed by atoms with Gasteiger partial charge in [-0.05, 0) is 19.1 Å². The summed E-state index contributed by atoms with van der Waals surface area (Å²) in [5, 5.41) is 13.6. The Labute approximate surface area is 205 Å². The van der Waals surface area contributed by atoms with Gasteiger partial charge in [0.05, 0.1) is 26.7 Å². The van der Waals surface area contributed by atoms with E-state index in [0.717, 1.165) is 0 Å². The third-order valence-corrected chi connectivity index (χ3v) is 7.65. The van der Waals surface area contributed by atoms with E-state index in [-0.39, 0.29) is 24.8 Å². The van der Waals surface area contributed by atoms with Crippen molar-refractivity contribution in [1.29, 1.82) is 0 Å². The van der Waals surface area contributed by atoms with Crippen LogP contribution >= 0.6 is 7.75 Å². The van der Waals surface area contributed by atoms with Crippen molar-refractivity contribution in [3.8, 4) is 5.75 Å². The Hall–Kier alpha value is -3.13. The largest absolute Gasteiger partial charge is 0.468 e. The molecule has 5 rings (SSSR count). The number of esters is 1. The molecule has 0 radical (unpaired) electrons. The van der Waals surface area contributed by atoms with E-state index >= 15 is 0 Å². The van der Waals surface area contributed by atoms with Crippen molar-refractivity contribution in [3.63, 3.8) is 0 Å². The van der Waals surface area contributed by atoms with Gasteiger partial charge in [-0.15, -0.1) is 0 Å². The number of carbonyl (C=O) groups is 1. The standard InChI is InChI=1S/C21H25N6O8P/c1-12(20(29)31-2)26-36(30,35-13-6-4-3-5-7-13)33-9-21-8-32-15(16(21)28)19(34-21)27-11-25-14-17(22)23-10-24-18(14)27/h3-7,10-12,15-16,19,28H,8-9H2,1-2H3,(H,26,30)(H2,22,23,24)/t12-,15+,16-,19+,21+,36?/m0/s1. The number of ether oxygens (including phenoxy) is 3. The molecule has 0 saturated carbocycles. The lowest BCUT2D eigenvalue weighted by Crippen LogP contribution is -2.45. The molecule has 2 fully saturated rings. The van der Waals surface area contributed by atoms with Gasteiger partial charge in [-0.1, -0.05) is 18.2 Å². The van der Waals surface area contributed by atoms with E-state index in [1.54, 1.807) is 34.9 Å². The van der Waals surface area contributed by atoms with E-state index in [9.17, 15) is 14.5 Å². The second-order valence-electron chi connectivity index (χ2n) is 8.43. The maximum absolute atomic E-state index is 13.7. The first-order valence-corrected chi connectivity index (χ1v) is 12.5. The number of nitrogens with two attached hydrogens (primary N) is 1. The summed E-state index contributed by atoms with van der Waals surface area (Å²) in [7, 11) is -2.95. The number of benzene rings is 1. The SMILES string of the molecule is COC(=O)[C@H](C)NP(=O)(OC[C@@]12CO[C@@H]([C@H](n3cnc4c(N)ncnc43)O1)[C@@H]2O)Oc1ccccc1. The molecule has 0 aliphatic carbocycles. The van der Waals surface area contributed by atoms with Gasteiger partial charge in [0.1, 0.15) is 41.4 Å². The average Bonchev–Trinajstić information content (AvgIpc) is 3.53. The Morgan fingerprint density at radius 2 is 2.14 bits per heavy atom. The van der Waals surface area contributed by atoms with Gasteiger partial charge in [0.25, 0.3) is 0 Å². The number of nitrogens with zero attached hydrogens (tertiary/aromatic N) is 4. The molecule has 36 heavy (non-hydrogen) atoms. The third kappa shape index (κ3) is 4.32. The minimum Gasteiger partial charge on any atom is -0.468 e. The fourth-order valence-electron chi connectivity index (χ4n) is 4.17. The van der Waals surface area contributed by atoms with E-state index in [2.05, 4.69) is 20.0 Å². The molecule has 4 heterocycles. The minimum atomic E-state index is -4.16. The molecule has 0 amide bonds. The predicted octanol–water partition coefficient (Wildman–Crippen LogP) is 0.791. The molecule has 2 aliphatic rings. The first-order valence-electron chi connectivity index (χ1n) is 11.0. The van der Waals surface area contributed by atoms with Gasteiger partial charge in [-0.2, -0.15) is 5.09 Å². The highest BCUT2D eigenvalue weighted by Gasteiger charge is 2.63. The van der Waals surface area contributed by atoms with Crippen LogP contribution in [-0.4, -0.2) is 74.8 Å². The lowest BCUT2D eigenvalue weighted by atomic mass is 10.0. The molecule has 15 heteroatoms. The lowest BCUT2D eigenvalue weighted by molar-refractivity contribution is -0.183. The number of nitrogen functional groups attached to an aromatic ring is 1. The second-order valence-corrected chi connectivity index (χ2v) is 10.1. The number of methoxy groups -OCH3 is 1. The topological polar surface area (TPSA) is 182 Å². The Morgan fingerprint density at radius 1 is 1.36 bits per heavy atom. The zero-order valence-electron chi connectivity index (χ0n) is 19.4. The first-order chi connectivity index (χ1) is 17.3. The van der Waals surface area contributed by atoms with Crippen molar-refractivity contribution in [2.75, 3.05) is 26.1 Å². The van der Waals surface area contributed by atoms with Crippen LogP contribution in [0, 0.1) is 0 Å². The molecule has 2 saturated heterocycles. The number of anilines is 1. The third-order valence-electron chi connectivity index (χ3n) is 6.02. The van der Waals surface area contributed by atoms with E-state index < -0.39 is 43.8 Å². The number of aliphatic hydroxyl groups is 1. The number of hydrogen-bond donors (Lipinski definition) is 3. The zero-order chi connectivity index (χ0) is 25.5. The Balaban J connectivity index is 1.38. The van der Waals surface area contributed by atoms with Crippen LogP contribution in [0.1, 0.15) is 13.2 Å². The maximum Gasteiger partial charge on any atom is 0.459 e. The summed E-state index contributed by atoms with van der Waals surface area (Å²) in [5.41, 5.74) is 5.28. The van der Waals surface area contributed by atoms with E-state index in [4.69, 9.17) is 29.0 Å². The van der Waals surface area contributed by atoms with Gasteiger partial charge in [0.2, 0.25) is 0 Å². The summed E-state index contributed by atoms with van der Waals surface area (Å²) in [4.78, 5) is 24.3. The van der Waals surface area contributed by atoms with Gasteiger partial charge in [-0.25, -0.2) is 19.5 Å². The van der Waals surface area contributed by atoms with Crippen molar-refractivity contribution in [2.24, 2.45) is 0 Å². The van der Waals surface area contributed by atoms with E-state index in [1.807, 2.05) is 0 Å². The zero-order valence-corrected chi connectivity index (χ0v) is 20.3. The highest BCUT2D eigenvalue weighted by atomic mass is 31.2. The number of nitrogens with one attached hydrogen (secondary N) is 1. The lowest BCUT2D eigenvalue weighted by Gasteiger charge is -2.32. The summed E-state index contributed by atoms with van der Waals surface area (Å²) >= 11 is 0. The number of rotatable bonds is 9. The van der Waals surface area contributed by atoms with Gasteiger partial charge in [-0.3, -0.25) is 13.9 Å². The molecule has 6 atom stereocenters. The molecule has 0 spiro atoms. The van der Waals surface area contributed by atoms with Crippen molar-refractivity contribution >= 4 is 30.7 Å². The van der Waals surface area contributed by atoms with Gasteiger partial charge >= 0.3 is 13.7 Å². The van der Waals surface area contributed by atoms with Crippen LogP contribution < -0.4 is 15.3 Å². The highest BCUT2D eigenvalue weighted by molar-refractivity contribution is 7.52. The number of imidazole rings is 1. The van der Waals surface area contributed by atoms with Crippen LogP contribution in [0.2, 0.25) is 0 Å². The number of carbonyl (C=O) groups excluding carboxylic acids is 1. The number of fused-ring (bicyclic) bond motifs is 3. The molecular formula is C21H25N6O8P. The Bertz CT molecular complexity index is 1310. The monoisotopic (exact) mass is 520 g/mol. The maximum atomic E-state index is 13.7. The summed E-state index contributed by atoms with van der Waals surface area (Å²) < 4.78 is 43.3. The molecule has 192 valence electrons. The van der Waals surface area contributed by atoms with Crippen molar-refractivity contribution in [1.82, 2.24) is 24.6 Å². The normalized spacial score (nSPS) is 27.6. The second kappa shape index (κ2) is 9.39. The van der Waals surface area contributed by atoms with Crippen molar-refractivity contribution in [3.05, 3.63) is 43.0 Å². The van der Waals surface area contributed by atoms with Crippen LogP contribution in [-0.2, 0) is 28.1 Å². The molecule has 1 unspecified atom stereocenters. The molecule has 2 aromatic heterocycles. The van der Waals surface area contributed by atoms with Crippen LogP contribution in [0.5, 0.6) is 5.75 Å². The molecule has 2 aliphatic heterocycles. The van der Waals surface area contributed by atoms with E-state index in [0.29, 0.717) is 11.2 Å². The quantitative estimate of drug-likeness (QED) is 0.266. The molecule has 2 bridgehead atoms. The Kier molecular flexibility index (Phi) is 6.41. The summed E-state index contributed by atoms with van der Waals surface area (Å²) in [5.74, 6) is -0.217.